The summed E-state index contributed by atoms with van der Waals surface area (Å²) >= 11 is 1.66. The molecule has 9 heteroatoms. The summed E-state index contributed by atoms with van der Waals surface area (Å²) in [5, 5.41) is 10.4. The number of nitrogens with zero attached hydrogens (tertiary/aromatic N) is 3. The topological polar surface area (TPSA) is 96.3 Å². The molecule has 8 nitrogen and oxygen atoms in total. The summed E-state index contributed by atoms with van der Waals surface area (Å²) in [7, 11) is 1.64. The van der Waals surface area contributed by atoms with Crippen LogP contribution in [-0.4, -0.2) is 57.3 Å². The second kappa shape index (κ2) is 10.2. The van der Waals surface area contributed by atoms with Gasteiger partial charge in [-0.1, -0.05) is 37.8 Å². The van der Waals surface area contributed by atoms with Crippen LogP contribution in [0.15, 0.2) is 35.2 Å². The van der Waals surface area contributed by atoms with E-state index in [1.54, 1.807) is 25.7 Å². The molecule has 34 heavy (non-hydrogen) atoms. The first-order valence-corrected chi connectivity index (χ1v) is 13.1. The Morgan fingerprint density at radius 3 is 2.47 bits per heavy atom. The highest BCUT2D eigenvalue weighted by atomic mass is 32.2. The van der Waals surface area contributed by atoms with E-state index >= 15 is 0 Å². The molecule has 1 aromatic carbocycles. The summed E-state index contributed by atoms with van der Waals surface area (Å²) in [5.41, 5.74) is 0.395. The number of hydrogen-bond acceptors (Lipinski definition) is 5. The molecule has 0 spiro atoms. The quantitative estimate of drug-likeness (QED) is 0.486. The van der Waals surface area contributed by atoms with Gasteiger partial charge in [0, 0.05) is 30.6 Å². The highest BCUT2D eigenvalue weighted by Gasteiger charge is 2.46. The Hall–Kier alpha value is -2.81. The third-order valence-electron chi connectivity index (χ3n) is 7.03. The van der Waals surface area contributed by atoms with E-state index in [1.807, 2.05) is 30.5 Å². The highest BCUT2D eigenvalue weighted by molar-refractivity contribution is 7.98. The zero-order chi connectivity index (χ0) is 24.3. The number of fused-ring (bicyclic) bond motifs is 1. The fourth-order valence-electron chi connectivity index (χ4n) is 4.62. The fourth-order valence-corrected chi connectivity index (χ4v) is 5.03. The summed E-state index contributed by atoms with van der Waals surface area (Å²) in [5.74, 6) is -0.837. The average molecular weight is 484 g/mol. The molecule has 1 fully saturated rings. The minimum absolute atomic E-state index is 0.140. The zero-order valence-electron chi connectivity index (χ0n) is 20.1. The van der Waals surface area contributed by atoms with Gasteiger partial charge in [-0.25, -0.2) is 0 Å². The van der Waals surface area contributed by atoms with Crippen molar-refractivity contribution in [2.75, 3.05) is 13.3 Å². The number of thioether (sulfide) groups is 1. The Bertz CT molecular complexity index is 1060. The van der Waals surface area contributed by atoms with Crippen LogP contribution in [0.1, 0.15) is 72.0 Å². The number of hydrogen-bond donors (Lipinski definition) is 2. The van der Waals surface area contributed by atoms with Gasteiger partial charge < -0.3 is 15.5 Å². The van der Waals surface area contributed by atoms with Crippen LogP contribution in [0.3, 0.4) is 0 Å². The van der Waals surface area contributed by atoms with Crippen LogP contribution >= 0.6 is 11.8 Å². The third-order valence-corrected chi connectivity index (χ3v) is 7.77. The lowest BCUT2D eigenvalue weighted by molar-refractivity contribution is -0.133. The van der Waals surface area contributed by atoms with Gasteiger partial charge in [0.1, 0.15) is 11.2 Å². The molecular formula is C25H33N5O3S. The van der Waals surface area contributed by atoms with Crippen LogP contribution in [0.25, 0.3) is 0 Å². The fraction of sp³-hybridized carbons (Fsp3) is 0.520. The van der Waals surface area contributed by atoms with E-state index in [4.69, 9.17) is 0 Å². The van der Waals surface area contributed by atoms with E-state index in [-0.39, 0.29) is 36.0 Å². The van der Waals surface area contributed by atoms with Crippen LogP contribution in [0.4, 0.5) is 0 Å². The standard InChI is InChI=1S/C25H33N5O3S/c1-25(24(33)27-18-8-6-4-5-7-9-18)16-30-21(23(32)29(25)2)14-20(28-30)22(31)26-15-17-10-12-19(34-3)13-11-17/h10-14,18H,4-9,15-16H2,1-3H3,(H,26,31)(H,27,33)/t25-/m0/s1. The Kier molecular flexibility index (Phi) is 7.30. The summed E-state index contributed by atoms with van der Waals surface area (Å²) in [6, 6.07) is 9.62. The number of rotatable bonds is 6. The Morgan fingerprint density at radius 2 is 1.82 bits per heavy atom. The highest BCUT2D eigenvalue weighted by Crippen LogP contribution is 2.27. The Morgan fingerprint density at radius 1 is 1.15 bits per heavy atom. The van der Waals surface area contributed by atoms with Crippen molar-refractivity contribution < 1.29 is 14.4 Å². The van der Waals surface area contributed by atoms with Crippen molar-refractivity contribution in [1.82, 2.24) is 25.3 Å². The van der Waals surface area contributed by atoms with Crippen LogP contribution in [-0.2, 0) is 17.9 Å². The molecule has 2 N–H and O–H groups in total. The zero-order valence-corrected chi connectivity index (χ0v) is 20.9. The molecule has 2 heterocycles. The van der Waals surface area contributed by atoms with Crippen molar-refractivity contribution in [2.24, 2.45) is 0 Å². The van der Waals surface area contributed by atoms with Gasteiger partial charge in [-0.3, -0.25) is 19.1 Å². The van der Waals surface area contributed by atoms with Crippen molar-refractivity contribution in [3.63, 3.8) is 0 Å². The summed E-state index contributed by atoms with van der Waals surface area (Å²) < 4.78 is 1.50. The lowest BCUT2D eigenvalue weighted by Gasteiger charge is -2.41. The van der Waals surface area contributed by atoms with Crippen molar-refractivity contribution >= 4 is 29.5 Å². The minimum atomic E-state index is -1.07. The number of nitrogens with one attached hydrogen (secondary N) is 2. The lowest BCUT2D eigenvalue weighted by atomic mass is 9.95. The molecule has 1 aliphatic carbocycles. The normalized spacial score (nSPS) is 21.0. The lowest BCUT2D eigenvalue weighted by Crippen LogP contribution is -2.63. The van der Waals surface area contributed by atoms with Gasteiger partial charge in [0.15, 0.2) is 5.69 Å². The molecule has 1 aliphatic heterocycles. The van der Waals surface area contributed by atoms with E-state index in [0.717, 1.165) is 36.1 Å². The molecule has 1 atom stereocenters. The monoisotopic (exact) mass is 483 g/mol. The number of likely N-dealkylation sites (N-methyl/N-ethyl adjacent to an activating group) is 1. The van der Waals surface area contributed by atoms with Crippen LogP contribution in [0.5, 0.6) is 0 Å². The van der Waals surface area contributed by atoms with Gasteiger partial charge >= 0.3 is 0 Å². The van der Waals surface area contributed by atoms with Crippen LogP contribution in [0.2, 0.25) is 0 Å². The minimum Gasteiger partial charge on any atom is -0.351 e. The molecule has 0 bridgehead atoms. The third kappa shape index (κ3) is 4.99. The maximum Gasteiger partial charge on any atom is 0.272 e. The maximum absolute atomic E-state index is 13.3. The first kappa shape index (κ1) is 24.3. The van der Waals surface area contributed by atoms with E-state index < -0.39 is 5.54 Å². The molecule has 0 radical (unpaired) electrons. The number of aromatic nitrogens is 2. The number of carbonyl (C=O) groups is 3. The van der Waals surface area contributed by atoms with E-state index in [1.165, 1.54) is 28.5 Å². The largest absolute Gasteiger partial charge is 0.351 e. The predicted molar refractivity (Wildman–Crippen MR) is 132 cm³/mol. The average Bonchev–Trinajstić information content (AvgIpc) is 3.09. The van der Waals surface area contributed by atoms with E-state index in [0.29, 0.717) is 12.2 Å². The van der Waals surface area contributed by atoms with Crippen LogP contribution < -0.4 is 10.6 Å². The number of benzene rings is 1. The van der Waals surface area contributed by atoms with Crippen molar-refractivity contribution in [3.05, 3.63) is 47.3 Å². The molecule has 1 aromatic heterocycles. The number of carbonyl (C=O) groups excluding carboxylic acids is 3. The van der Waals surface area contributed by atoms with Gasteiger partial charge in [0.2, 0.25) is 5.91 Å². The summed E-state index contributed by atoms with van der Waals surface area (Å²) in [4.78, 5) is 41.8. The summed E-state index contributed by atoms with van der Waals surface area (Å²) in [6.45, 7) is 2.33. The second-order valence-corrected chi connectivity index (χ2v) is 10.3. The smallest absolute Gasteiger partial charge is 0.272 e. The first-order valence-electron chi connectivity index (χ1n) is 11.9. The molecule has 1 saturated carbocycles. The van der Waals surface area contributed by atoms with Gasteiger partial charge in [0.05, 0.1) is 6.54 Å². The summed E-state index contributed by atoms with van der Waals surface area (Å²) in [6.07, 6.45) is 8.58. The molecule has 0 saturated heterocycles. The predicted octanol–water partition coefficient (Wildman–Crippen LogP) is 3.22. The molecule has 2 aliphatic rings. The molecule has 182 valence electrons. The van der Waals surface area contributed by atoms with Crippen LogP contribution in [0, 0.1) is 0 Å². The molecule has 3 amide bonds. The van der Waals surface area contributed by atoms with Crippen molar-refractivity contribution in [2.45, 2.75) is 75.0 Å². The first-order chi connectivity index (χ1) is 16.3. The van der Waals surface area contributed by atoms with E-state index in [9.17, 15) is 14.4 Å². The van der Waals surface area contributed by atoms with Crippen molar-refractivity contribution in [1.29, 1.82) is 0 Å². The van der Waals surface area contributed by atoms with Gasteiger partial charge in [-0.15, -0.1) is 11.8 Å². The van der Waals surface area contributed by atoms with Crippen molar-refractivity contribution in [3.8, 4) is 0 Å². The Labute approximate surface area is 204 Å². The molecule has 0 unspecified atom stereocenters. The SMILES string of the molecule is CSc1ccc(CNC(=O)c2cc3n(n2)C[C@@](C)(C(=O)NC2CCCCCC2)N(C)C3=O)cc1. The Balaban J connectivity index is 1.45. The molecule has 2 aromatic rings. The second-order valence-electron chi connectivity index (χ2n) is 9.40. The van der Waals surface area contributed by atoms with E-state index in [2.05, 4.69) is 15.7 Å². The van der Waals surface area contributed by atoms with Gasteiger partial charge in [-0.05, 0) is 43.7 Å². The molecular weight excluding hydrogens is 450 g/mol. The maximum atomic E-state index is 13.3. The van der Waals surface area contributed by atoms with Gasteiger partial charge in [0.25, 0.3) is 11.8 Å². The number of amides is 3. The van der Waals surface area contributed by atoms with Gasteiger partial charge in [-0.2, -0.15) is 5.10 Å². The molecule has 4 rings (SSSR count).